The van der Waals surface area contributed by atoms with E-state index in [-0.39, 0.29) is 12.7 Å². The summed E-state index contributed by atoms with van der Waals surface area (Å²) in [6, 6.07) is 9.85. The molecule has 0 saturated carbocycles. The van der Waals surface area contributed by atoms with Gasteiger partial charge in [0.05, 0.1) is 12.7 Å². The highest BCUT2D eigenvalue weighted by molar-refractivity contribution is 5.64. The summed E-state index contributed by atoms with van der Waals surface area (Å²) in [7, 11) is 0. The monoisotopic (exact) mass is 257 g/mol. The van der Waals surface area contributed by atoms with Crippen molar-refractivity contribution in [2.45, 2.75) is 33.5 Å². The van der Waals surface area contributed by atoms with E-state index in [2.05, 4.69) is 4.98 Å². The first-order valence-corrected chi connectivity index (χ1v) is 6.43. The second kappa shape index (κ2) is 5.85. The molecule has 0 atom stereocenters. The molecule has 1 aromatic carbocycles. The number of pyridine rings is 1. The van der Waals surface area contributed by atoms with E-state index in [4.69, 9.17) is 4.74 Å². The third-order valence-corrected chi connectivity index (χ3v) is 2.84. The molecule has 1 aromatic heterocycles. The lowest BCUT2D eigenvalue weighted by Crippen LogP contribution is -2.07. The van der Waals surface area contributed by atoms with Gasteiger partial charge in [-0.2, -0.15) is 0 Å². The highest BCUT2D eigenvalue weighted by atomic mass is 16.5. The minimum atomic E-state index is -0.0326. The zero-order chi connectivity index (χ0) is 13.8. The Morgan fingerprint density at radius 1 is 1.16 bits per heavy atom. The lowest BCUT2D eigenvalue weighted by molar-refractivity contribution is 0.225. The van der Waals surface area contributed by atoms with Gasteiger partial charge in [0.25, 0.3) is 0 Å². The van der Waals surface area contributed by atoms with Crippen LogP contribution in [0.5, 0.6) is 5.75 Å². The summed E-state index contributed by atoms with van der Waals surface area (Å²) < 4.78 is 5.67. The van der Waals surface area contributed by atoms with Crippen LogP contribution in [0.4, 0.5) is 0 Å². The molecule has 2 rings (SSSR count). The van der Waals surface area contributed by atoms with Crippen molar-refractivity contribution < 1.29 is 9.84 Å². The third kappa shape index (κ3) is 3.32. The number of hydrogen-bond acceptors (Lipinski definition) is 3. The van der Waals surface area contributed by atoms with Gasteiger partial charge in [-0.05, 0) is 44.5 Å². The number of aryl methyl sites for hydroxylation is 1. The van der Waals surface area contributed by atoms with E-state index in [1.165, 1.54) is 0 Å². The molecule has 0 bridgehead atoms. The first-order valence-electron chi connectivity index (χ1n) is 6.43. The van der Waals surface area contributed by atoms with Crippen LogP contribution in [-0.4, -0.2) is 16.2 Å². The van der Waals surface area contributed by atoms with Crippen LogP contribution < -0.4 is 4.74 Å². The maximum absolute atomic E-state index is 9.45. The van der Waals surface area contributed by atoms with Gasteiger partial charge in [-0.15, -0.1) is 0 Å². The van der Waals surface area contributed by atoms with Gasteiger partial charge < -0.3 is 9.84 Å². The van der Waals surface area contributed by atoms with E-state index in [0.29, 0.717) is 0 Å². The zero-order valence-electron chi connectivity index (χ0n) is 11.6. The summed E-state index contributed by atoms with van der Waals surface area (Å²) >= 11 is 0. The maximum Gasteiger partial charge on any atom is 0.125 e. The summed E-state index contributed by atoms with van der Waals surface area (Å²) in [6.45, 7) is 5.87. The van der Waals surface area contributed by atoms with Crippen LogP contribution in [0.25, 0.3) is 11.1 Å². The van der Waals surface area contributed by atoms with Gasteiger partial charge in [-0.3, -0.25) is 4.98 Å². The van der Waals surface area contributed by atoms with Crippen molar-refractivity contribution in [2.24, 2.45) is 0 Å². The van der Waals surface area contributed by atoms with Crippen LogP contribution in [0, 0.1) is 6.92 Å². The molecule has 0 unspecified atom stereocenters. The predicted octanol–water partition coefficient (Wildman–Crippen LogP) is 3.34. The van der Waals surface area contributed by atoms with Crippen LogP contribution in [0.2, 0.25) is 0 Å². The SMILES string of the molecule is Cc1ccc(-c2ccc(OC(C)C)c(CO)c2)cn1. The molecule has 0 radical (unpaired) electrons. The molecule has 3 nitrogen and oxygen atoms in total. The predicted molar refractivity (Wildman–Crippen MR) is 76.1 cm³/mol. The van der Waals surface area contributed by atoms with Crippen LogP contribution in [0.3, 0.4) is 0 Å². The zero-order valence-corrected chi connectivity index (χ0v) is 11.6. The van der Waals surface area contributed by atoms with Crippen LogP contribution >= 0.6 is 0 Å². The molecule has 2 aromatic rings. The van der Waals surface area contributed by atoms with E-state index in [1.54, 1.807) is 0 Å². The van der Waals surface area contributed by atoms with E-state index >= 15 is 0 Å². The van der Waals surface area contributed by atoms with Crippen molar-refractivity contribution in [1.29, 1.82) is 0 Å². The molecular formula is C16H19NO2. The smallest absolute Gasteiger partial charge is 0.125 e. The largest absolute Gasteiger partial charge is 0.491 e. The van der Waals surface area contributed by atoms with E-state index in [9.17, 15) is 5.11 Å². The van der Waals surface area contributed by atoms with Gasteiger partial charge in [-0.25, -0.2) is 0 Å². The maximum atomic E-state index is 9.45. The fourth-order valence-corrected chi connectivity index (χ4v) is 1.89. The number of ether oxygens (including phenoxy) is 1. The molecule has 0 saturated heterocycles. The fraction of sp³-hybridized carbons (Fsp3) is 0.312. The average Bonchev–Trinajstić information content (AvgIpc) is 2.39. The molecule has 0 spiro atoms. The second-order valence-corrected chi connectivity index (χ2v) is 4.84. The van der Waals surface area contributed by atoms with Crippen LogP contribution in [-0.2, 0) is 6.61 Å². The third-order valence-electron chi connectivity index (χ3n) is 2.84. The molecule has 19 heavy (non-hydrogen) atoms. The minimum Gasteiger partial charge on any atom is -0.491 e. The first-order chi connectivity index (χ1) is 9.10. The van der Waals surface area contributed by atoms with Gasteiger partial charge in [0.15, 0.2) is 0 Å². The molecule has 0 aliphatic rings. The highest BCUT2D eigenvalue weighted by Gasteiger charge is 2.07. The Labute approximate surface area is 113 Å². The van der Waals surface area contributed by atoms with Gasteiger partial charge in [-0.1, -0.05) is 12.1 Å². The molecule has 0 aliphatic carbocycles. The summed E-state index contributed by atoms with van der Waals surface area (Å²) in [4.78, 5) is 4.29. The lowest BCUT2D eigenvalue weighted by Gasteiger charge is -2.14. The fourth-order valence-electron chi connectivity index (χ4n) is 1.89. The van der Waals surface area contributed by atoms with Gasteiger partial charge in [0.1, 0.15) is 5.75 Å². The number of aliphatic hydroxyl groups is 1. The Morgan fingerprint density at radius 2 is 1.89 bits per heavy atom. The molecule has 1 heterocycles. The standard InChI is InChI=1S/C16H19NO2/c1-11(2)19-16-7-6-13(8-15(16)10-18)14-5-4-12(3)17-9-14/h4-9,11,18H,10H2,1-3H3. The molecule has 1 N–H and O–H groups in total. The Balaban J connectivity index is 2.35. The van der Waals surface area contributed by atoms with Crippen molar-refractivity contribution in [3.8, 4) is 16.9 Å². The number of benzene rings is 1. The molecular weight excluding hydrogens is 238 g/mol. The van der Waals surface area contributed by atoms with Crippen molar-refractivity contribution >= 4 is 0 Å². The number of hydrogen-bond donors (Lipinski definition) is 1. The molecule has 0 amide bonds. The summed E-state index contributed by atoms with van der Waals surface area (Å²) in [5.41, 5.74) is 3.86. The van der Waals surface area contributed by atoms with Gasteiger partial charge >= 0.3 is 0 Å². The van der Waals surface area contributed by atoms with E-state index < -0.39 is 0 Å². The van der Waals surface area contributed by atoms with Crippen molar-refractivity contribution in [3.05, 3.63) is 47.8 Å². The number of aliphatic hydroxyl groups excluding tert-OH is 1. The average molecular weight is 257 g/mol. The Bertz CT molecular complexity index is 547. The quantitative estimate of drug-likeness (QED) is 0.913. The van der Waals surface area contributed by atoms with Crippen molar-refractivity contribution in [3.63, 3.8) is 0 Å². The Hall–Kier alpha value is -1.87. The van der Waals surface area contributed by atoms with E-state index in [0.717, 1.165) is 28.1 Å². The number of rotatable bonds is 4. The van der Waals surface area contributed by atoms with Crippen LogP contribution in [0.15, 0.2) is 36.5 Å². The first kappa shape index (κ1) is 13.6. The molecule has 0 aliphatic heterocycles. The molecule has 0 fully saturated rings. The second-order valence-electron chi connectivity index (χ2n) is 4.84. The summed E-state index contributed by atoms with van der Waals surface area (Å²) in [6.07, 6.45) is 1.94. The highest BCUT2D eigenvalue weighted by Crippen LogP contribution is 2.27. The van der Waals surface area contributed by atoms with Gasteiger partial charge in [0.2, 0.25) is 0 Å². The van der Waals surface area contributed by atoms with Gasteiger partial charge in [0, 0.05) is 23.0 Å². The molecule has 3 heteroatoms. The molecule has 100 valence electrons. The normalized spacial score (nSPS) is 10.8. The Morgan fingerprint density at radius 3 is 2.47 bits per heavy atom. The lowest BCUT2D eigenvalue weighted by atomic mass is 10.0. The van der Waals surface area contributed by atoms with Crippen LogP contribution in [0.1, 0.15) is 25.1 Å². The topological polar surface area (TPSA) is 42.4 Å². The summed E-state index contributed by atoms with van der Waals surface area (Å²) in [5.74, 6) is 0.737. The Kier molecular flexibility index (Phi) is 4.17. The number of nitrogens with zero attached hydrogens (tertiary/aromatic N) is 1. The number of aromatic nitrogens is 1. The minimum absolute atomic E-state index is 0.0326. The summed E-state index contributed by atoms with van der Waals surface area (Å²) in [5, 5.41) is 9.45. The van der Waals surface area contributed by atoms with Crippen molar-refractivity contribution in [1.82, 2.24) is 4.98 Å². The van der Waals surface area contributed by atoms with Crippen molar-refractivity contribution in [2.75, 3.05) is 0 Å². The van der Waals surface area contributed by atoms with E-state index in [1.807, 2.05) is 57.3 Å².